The van der Waals surface area contributed by atoms with E-state index in [1.54, 1.807) is 12.1 Å². The average molecular weight is 424 g/mol. The summed E-state index contributed by atoms with van der Waals surface area (Å²) in [4.78, 5) is -0.0157. The third kappa shape index (κ3) is 5.67. The van der Waals surface area contributed by atoms with Crippen LogP contribution in [0.1, 0.15) is 5.82 Å². The second-order valence-corrected chi connectivity index (χ2v) is 7.74. The zero-order valence-electron chi connectivity index (χ0n) is 15.5. The molecule has 0 aliphatic rings. The second-order valence-electron chi connectivity index (χ2n) is 5.97. The minimum atomic E-state index is -3.75. The number of aliphatic hydroxyl groups excluding tert-OH is 1. The van der Waals surface area contributed by atoms with Crippen molar-refractivity contribution in [1.29, 1.82) is 0 Å². The number of ether oxygens (including phenoxy) is 1. The van der Waals surface area contributed by atoms with Crippen molar-refractivity contribution in [3.8, 4) is 0 Å². The number of hydrogen-bond acceptors (Lipinski definition) is 8. The summed E-state index contributed by atoms with van der Waals surface area (Å²) in [6, 6.07) is 8.07. The van der Waals surface area contributed by atoms with Crippen LogP contribution in [0.15, 0.2) is 41.3 Å². The van der Waals surface area contributed by atoms with Crippen LogP contribution in [0.4, 0.5) is 10.2 Å². The van der Waals surface area contributed by atoms with Crippen molar-refractivity contribution in [1.82, 2.24) is 24.5 Å². The van der Waals surface area contributed by atoms with Crippen LogP contribution in [0.3, 0.4) is 0 Å². The summed E-state index contributed by atoms with van der Waals surface area (Å²) in [7, 11) is -3.75. The summed E-state index contributed by atoms with van der Waals surface area (Å²) in [6.07, 6.45) is 0.262. The summed E-state index contributed by atoms with van der Waals surface area (Å²) in [6.45, 7) is 1.25. The minimum Gasteiger partial charge on any atom is -0.394 e. The first-order chi connectivity index (χ1) is 14.0. The van der Waals surface area contributed by atoms with Crippen molar-refractivity contribution in [2.75, 3.05) is 38.2 Å². The molecule has 156 valence electrons. The fraction of sp³-hybridized carbons (Fsp3) is 0.353. The Morgan fingerprint density at radius 3 is 2.62 bits per heavy atom. The van der Waals surface area contributed by atoms with Crippen molar-refractivity contribution in [3.63, 3.8) is 0 Å². The normalized spacial score (nSPS) is 11.8. The lowest BCUT2D eigenvalue weighted by atomic mass is 10.4. The Hall–Kier alpha value is -2.67. The minimum absolute atomic E-state index is 0.0157. The Balaban J connectivity index is 1.59. The molecule has 0 fully saturated rings. The maximum Gasteiger partial charge on any atom is 0.240 e. The Morgan fingerprint density at radius 1 is 1.07 bits per heavy atom. The topological polar surface area (TPSA) is 131 Å². The van der Waals surface area contributed by atoms with Gasteiger partial charge in [-0.1, -0.05) is 0 Å². The fourth-order valence-corrected chi connectivity index (χ4v) is 3.53. The van der Waals surface area contributed by atoms with Gasteiger partial charge in [0.1, 0.15) is 11.6 Å². The SMILES string of the molecule is O=S(=O)(NCCc1nnc2ccc(NCCOCCO)nn12)c1ccc(F)cc1. The molecule has 3 N–H and O–H groups in total. The molecule has 10 nitrogen and oxygen atoms in total. The zero-order chi connectivity index (χ0) is 20.7. The van der Waals surface area contributed by atoms with Crippen LogP contribution < -0.4 is 10.0 Å². The molecule has 12 heteroatoms. The predicted molar refractivity (Wildman–Crippen MR) is 102 cm³/mol. The van der Waals surface area contributed by atoms with Gasteiger partial charge in [0.2, 0.25) is 10.0 Å². The van der Waals surface area contributed by atoms with E-state index in [1.807, 2.05) is 0 Å². The largest absolute Gasteiger partial charge is 0.394 e. The summed E-state index contributed by atoms with van der Waals surface area (Å²) in [5.41, 5.74) is 0.531. The summed E-state index contributed by atoms with van der Waals surface area (Å²) < 4.78 is 46.6. The smallest absolute Gasteiger partial charge is 0.240 e. The van der Waals surface area contributed by atoms with Gasteiger partial charge in [0.25, 0.3) is 0 Å². The maximum atomic E-state index is 13.0. The van der Waals surface area contributed by atoms with Gasteiger partial charge >= 0.3 is 0 Å². The third-order valence-electron chi connectivity index (χ3n) is 3.88. The first-order valence-corrected chi connectivity index (χ1v) is 10.4. The molecule has 0 bridgehead atoms. The Labute approximate surface area is 166 Å². The van der Waals surface area contributed by atoms with Crippen molar-refractivity contribution >= 4 is 21.5 Å². The third-order valence-corrected chi connectivity index (χ3v) is 5.36. The van der Waals surface area contributed by atoms with E-state index in [-0.39, 0.29) is 31.1 Å². The second kappa shape index (κ2) is 9.69. The number of aromatic nitrogens is 4. The number of anilines is 1. The van der Waals surface area contributed by atoms with Gasteiger partial charge in [0, 0.05) is 19.5 Å². The molecule has 1 aromatic carbocycles. The highest BCUT2D eigenvalue weighted by Gasteiger charge is 2.15. The van der Waals surface area contributed by atoms with Crippen LogP contribution in [-0.2, 0) is 21.2 Å². The fourth-order valence-electron chi connectivity index (χ4n) is 2.50. The monoisotopic (exact) mass is 424 g/mol. The molecule has 29 heavy (non-hydrogen) atoms. The van der Waals surface area contributed by atoms with E-state index in [0.29, 0.717) is 30.4 Å². The molecule has 2 heterocycles. The van der Waals surface area contributed by atoms with E-state index in [9.17, 15) is 12.8 Å². The van der Waals surface area contributed by atoms with Gasteiger partial charge in [-0.3, -0.25) is 0 Å². The lowest BCUT2D eigenvalue weighted by Gasteiger charge is -2.07. The molecule has 0 amide bonds. The summed E-state index contributed by atoms with van der Waals surface area (Å²) in [5, 5.41) is 24.2. The highest BCUT2D eigenvalue weighted by atomic mass is 32.2. The zero-order valence-corrected chi connectivity index (χ0v) is 16.3. The van der Waals surface area contributed by atoms with Crippen LogP contribution >= 0.6 is 0 Å². The van der Waals surface area contributed by atoms with Crippen molar-refractivity contribution in [2.24, 2.45) is 0 Å². The molecule has 0 aliphatic heterocycles. The highest BCUT2D eigenvalue weighted by Crippen LogP contribution is 2.10. The van der Waals surface area contributed by atoms with Gasteiger partial charge in [-0.2, -0.15) is 4.52 Å². The molecule has 0 saturated heterocycles. The molecule has 2 aromatic heterocycles. The summed E-state index contributed by atoms with van der Waals surface area (Å²) in [5.74, 6) is 0.564. The standard InChI is InChI=1S/C17H21FN6O4S/c18-13-1-3-14(4-2-13)29(26,27)20-8-7-17-22-21-16-6-5-15(23-24(16)17)19-9-11-28-12-10-25/h1-6,20,25H,7-12H2,(H,19,23). The van der Waals surface area contributed by atoms with E-state index >= 15 is 0 Å². The van der Waals surface area contributed by atoms with Crippen LogP contribution in [0, 0.1) is 5.82 Å². The van der Waals surface area contributed by atoms with Crippen molar-refractivity contribution in [2.45, 2.75) is 11.3 Å². The van der Waals surface area contributed by atoms with E-state index in [1.165, 1.54) is 16.6 Å². The number of aliphatic hydroxyl groups is 1. The molecule has 0 spiro atoms. The molecule has 3 rings (SSSR count). The molecule has 0 unspecified atom stereocenters. The molecule has 0 saturated carbocycles. The van der Waals surface area contributed by atoms with Gasteiger partial charge in [-0.15, -0.1) is 15.3 Å². The number of hydrogen-bond donors (Lipinski definition) is 3. The lowest BCUT2D eigenvalue weighted by Crippen LogP contribution is -2.26. The first kappa shape index (κ1) is 21.0. The molecular formula is C17H21FN6O4S. The van der Waals surface area contributed by atoms with Crippen LogP contribution in [0.2, 0.25) is 0 Å². The quantitative estimate of drug-likeness (QED) is 0.372. The van der Waals surface area contributed by atoms with E-state index in [0.717, 1.165) is 12.1 Å². The first-order valence-electron chi connectivity index (χ1n) is 8.88. The van der Waals surface area contributed by atoms with E-state index < -0.39 is 15.8 Å². The maximum absolute atomic E-state index is 13.0. The van der Waals surface area contributed by atoms with Crippen molar-refractivity contribution in [3.05, 3.63) is 48.0 Å². The number of fused-ring (bicyclic) bond motifs is 1. The number of benzene rings is 1. The van der Waals surface area contributed by atoms with Gasteiger partial charge in [-0.05, 0) is 36.4 Å². The van der Waals surface area contributed by atoms with E-state index in [2.05, 4.69) is 25.3 Å². The number of halogens is 1. The molecule has 0 radical (unpaired) electrons. The predicted octanol–water partition coefficient (Wildman–Crippen LogP) is 0.205. The van der Waals surface area contributed by atoms with Crippen LogP contribution in [0.5, 0.6) is 0 Å². The molecule has 0 aliphatic carbocycles. The number of sulfonamides is 1. The number of rotatable bonds is 11. The molecular weight excluding hydrogens is 403 g/mol. The highest BCUT2D eigenvalue weighted by molar-refractivity contribution is 7.89. The molecule has 0 atom stereocenters. The van der Waals surface area contributed by atoms with Crippen LogP contribution in [-0.4, -0.2) is 66.2 Å². The van der Waals surface area contributed by atoms with Crippen molar-refractivity contribution < 1.29 is 22.7 Å². The Bertz CT molecular complexity index is 1040. The molecule has 3 aromatic rings. The lowest BCUT2D eigenvalue weighted by molar-refractivity contribution is 0.0992. The van der Waals surface area contributed by atoms with Gasteiger partial charge < -0.3 is 15.2 Å². The van der Waals surface area contributed by atoms with Gasteiger partial charge in [0.15, 0.2) is 11.5 Å². The van der Waals surface area contributed by atoms with Gasteiger partial charge in [-0.25, -0.2) is 17.5 Å². The van der Waals surface area contributed by atoms with Gasteiger partial charge in [0.05, 0.1) is 24.7 Å². The summed E-state index contributed by atoms with van der Waals surface area (Å²) >= 11 is 0. The number of nitrogens with one attached hydrogen (secondary N) is 2. The van der Waals surface area contributed by atoms with E-state index in [4.69, 9.17) is 9.84 Å². The van der Waals surface area contributed by atoms with Crippen LogP contribution in [0.25, 0.3) is 5.65 Å². The Kier molecular flexibility index (Phi) is 7.04. The Morgan fingerprint density at radius 2 is 1.86 bits per heavy atom. The average Bonchev–Trinajstić information content (AvgIpc) is 3.10. The number of nitrogens with zero attached hydrogens (tertiary/aromatic N) is 4.